The first kappa shape index (κ1) is 9.78. The minimum absolute atomic E-state index is 0.167. The van der Waals surface area contributed by atoms with Crippen molar-refractivity contribution in [3.8, 4) is 5.75 Å². The van der Waals surface area contributed by atoms with E-state index in [1.807, 2.05) is 13.0 Å². The van der Waals surface area contributed by atoms with E-state index in [2.05, 4.69) is 6.58 Å². The fourth-order valence-corrected chi connectivity index (χ4v) is 1.10. The number of methoxy groups -OCH3 is 1. The van der Waals surface area contributed by atoms with Gasteiger partial charge in [0.15, 0.2) is 11.6 Å². The standard InChI is InChI=1S/C11H13FO/c1-4-8(2)9-5-6-11(13-3)10(12)7-9/h4-8H,1H2,2-3H3. The summed E-state index contributed by atoms with van der Waals surface area (Å²) in [6.07, 6.45) is 1.78. The molecule has 2 heteroatoms. The first-order chi connectivity index (χ1) is 6.19. The van der Waals surface area contributed by atoms with E-state index in [1.54, 1.807) is 12.1 Å². The number of hydrogen-bond donors (Lipinski definition) is 0. The maximum absolute atomic E-state index is 13.2. The van der Waals surface area contributed by atoms with Gasteiger partial charge >= 0.3 is 0 Å². The molecule has 0 bridgehead atoms. The SMILES string of the molecule is C=CC(C)c1ccc(OC)c(F)c1. The zero-order chi connectivity index (χ0) is 9.84. The molecule has 70 valence electrons. The van der Waals surface area contributed by atoms with Gasteiger partial charge in [-0.2, -0.15) is 0 Å². The Hall–Kier alpha value is -1.31. The topological polar surface area (TPSA) is 9.23 Å². The molecule has 0 N–H and O–H groups in total. The minimum Gasteiger partial charge on any atom is -0.494 e. The Balaban J connectivity index is 3.02. The molecule has 0 radical (unpaired) electrons. The Labute approximate surface area is 77.8 Å². The molecule has 1 unspecified atom stereocenters. The number of halogens is 1. The number of hydrogen-bond acceptors (Lipinski definition) is 1. The molecule has 0 aliphatic rings. The van der Waals surface area contributed by atoms with Crippen LogP contribution >= 0.6 is 0 Å². The molecule has 0 aromatic heterocycles. The van der Waals surface area contributed by atoms with Crippen molar-refractivity contribution in [2.75, 3.05) is 7.11 Å². The molecule has 0 spiro atoms. The van der Waals surface area contributed by atoms with E-state index < -0.39 is 0 Å². The van der Waals surface area contributed by atoms with Crippen LogP contribution < -0.4 is 4.74 Å². The van der Waals surface area contributed by atoms with E-state index in [0.717, 1.165) is 5.56 Å². The number of rotatable bonds is 3. The molecular weight excluding hydrogens is 167 g/mol. The lowest BCUT2D eigenvalue weighted by atomic mass is 10.0. The van der Waals surface area contributed by atoms with Gasteiger partial charge in [-0.25, -0.2) is 4.39 Å². The number of allylic oxidation sites excluding steroid dienone is 1. The molecule has 1 atom stereocenters. The monoisotopic (exact) mass is 180 g/mol. The van der Waals surface area contributed by atoms with Gasteiger partial charge in [-0.3, -0.25) is 0 Å². The van der Waals surface area contributed by atoms with Gasteiger partial charge < -0.3 is 4.74 Å². The van der Waals surface area contributed by atoms with Crippen molar-refractivity contribution in [2.24, 2.45) is 0 Å². The molecule has 0 heterocycles. The van der Waals surface area contributed by atoms with E-state index in [1.165, 1.54) is 13.2 Å². The highest BCUT2D eigenvalue weighted by molar-refractivity contribution is 5.32. The number of ether oxygens (including phenoxy) is 1. The summed E-state index contributed by atoms with van der Waals surface area (Å²) in [5.74, 6) is 0.120. The molecule has 0 fully saturated rings. The largest absolute Gasteiger partial charge is 0.494 e. The Bertz CT molecular complexity index is 307. The summed E-state index contributed by atoms with van der Waals surface area (Å²) in [7, 11) is 1.45. The van der Waals surface area contributed by atoms with E-state index in [4.69, 9.17) is 4.74 Å². The molecule has 1 nitrogen and oxygen atoms in total. The molecular formula is C11H13FO. The van der Waals surface area contributed by atoms with Crippen molar-refractivity contribution in [3.05, 3.63) is 42.2 Å². The van der Waals surface area contributed by atoms with E-state index >= 15 is 0 Å². The van der Waals surface area contributed by atoms with Crippen molar-refractivity contribution in [3.63, 3.8) is 0 Å². The average Bonchev–Trinajstić information content (AvgIpc) is 2.16. The molecule has 13 heavy (non-hydrogen) atoms. The summed E-state index contributed by atoms with van der Waals surface area (Å²) in [5.41, 5.74) is 0.910. The van der Waals surface area contributed by atoms with E-state index in [9.17, 15) is 4.39 Å². The van der Waals surface area contributed by atoms with Gasteiger partial charge in [0.05, 0.1) is 7.11 Å². The second-order valence-electron chi connectivity index (χ2n) is 2.92. The summed E-state index contributed by atoms with van der Waals surface area (Å²) in [5, 5.41) is 0. The van der Waals surface area contributed by atoms with Crippen LogP contribution in [-0.2, 0) is 0 Å². The van der Waals surface area contributed by atoms with Crippen LogP contribution in [0.1, 0.15) is 18.4 Å². The van der Waals surface area contributed by atoms with Gasteiger partial charge in [0.25, 0.3) is 0 Å². The highest BCUT2D eigenvalue weighted by Crippen LogP contribution is 2.23. The zero-order valence-corrected chi connectivity index (χ0v) is 7.88. The Kier molecular flexibility index (Phi) is 3.07. The van der Waals surface area contributed by atoms with Crippen LogP contribution in [0.4, 0.5) is 4.39 Å². The second kappa shape index (κ2) is 4.08. The van der Waals surface area contributed by atoms with Crippen LogP contribution in [-0.4, -0.2) is 7.11 Å². The Morgan fingerprint density at radius 2 is 2.23 bits per heavy atom. The molecule has 0 aliphatic carbocycles. The first-order valence-electron chi connectivity index (χ1n) is 4.15. The second-order valence-corrected chi connectivity index (χ2v) is 2.92. The van der Waals surface area contributed by atoms with Gasteiger partial charge in [0, 0.05) is 0 Å². The van der Waals surface area contributed by atoms with Gasteiger partial charge in [0.2, 0.25) is 0 Å². The minimum atomic E-state index is -0.325. The molecule has 1 aromatic rings. The van der Waals surface area contributed by atoms with Gasteiger partial charge in [-0.15, -0.1) is 6.58 Å². The molecule has 0 aliphatic heterocycles. The fraction of sp³-hybridized carbons (Fsp3) is 0.273. The van der Waals surface area contributed by atoms with Crippen LogP contribution in [0.2, 0.25) is 0 Å². The van der Waals surface area contributed by atoms with Crippen molar-refractivity contribution in [2.45, 2.75) is 12.8 Å². The lowest BCUT2D eigenvalue weighted by molar-refractivity contribution is 0.386. The maximum atomic E-state index is 13.2. The van der Waals surface area contributed by atoms with Gasteiger partial charge in [-0.1, -0.05) is 19.1 Å². The van der Waals surface area contributed by atoms with Crippen LogP contribution in [0.25, 0.3) is 0 Å². The molecule has 0 amide bonds. The predicted molar refractivity (Wildman–Crippen MR) is 51.6 cm³/mol. The smallest absolute Gasteiger partial charge is 0.165 e. The van der Waals surface area contributed by atoms with Gasteiger partial charge in [-0.05, 0) is 23.6 Å². The summed E-state index contributed by atoms with van der Waals surface area (Å²) >= 11 is 0. The van der Waals surface area contributed by atoms with Crippen molar-refractivity contribution >= 4 is 0 Å². The zero-order valence-electron chi connectivity index (χ0n) is 7.88. The molecule has 0 saturated heterocycles. The van der Waals surface area contributed by atoms with Crippen LogP contribution in [0.15, 0.2) is 30.9 Å². The predicted octanol–water partition coefficient (Wildman–Crippen LogP) is 3.12. The summed E-state index contributed by atoms with van der Waals surface area (Å²) in [6, 6.07) is 4.95. The average molecular weight is 180 g/mol. The van der Waals surface area contributed by atoms with Crippen LogP contribution in [0.5, 0.6) is 5.75 Å². The van der Waals surface area contributed by atoms with E-state index in [0.29, 0.717) is 0 Å². The lowest BCUT2D eigenvalue weighted by Gasteiger charge is -2.08. The normalized spacial score (nSPS) is 12.2. The fourth-order valence-electron chi connectivity index (χ4n) is 1.10. The summed E-state index contributed by atoms with van der Waals surface area (Å²) in [6.45, 7) is 5.62. The summed E-state index contributed by atoms with van der Waals surface area (Å²) in [4.78, 5) is 0. The highest BCUT2D eigenvalue weighted by Gasteiger charge is 2.06. The molecule has 0 saturated carbocycles. The van der Waals surface area contributed by atoms with Crippen LogP contribution in [0.3, 0.4) is 0 Å². The molecule has 1 aromatic carbocycles. The third-order valence-corrected chi connectivity index (χ3v) is 2.06. The van der Waals surface area contributed by atoms with Crippen molar-refractivity contribution in [1.29, 1.82) is 0 Å². The Morgan fingerprint density at radius 1 is 1.54 bits per heavy atom. The lowest BCUT2D eigenvalue weighted by Crippen LogP contribution is -1.93. The third kappa shape index (κ3) is 2.08. The van der Waals surface area contributed by atoms with Crippen molar-refractivity contribution in [1.82, 2.24) is 0 Å². The molecule has 1 rings (SSSR count). The highest BCUT2D eigenvalue weighted by atomic mass is 19.1. The Morgan fingerprint density at radius 3 is 2.69 bits per heavy atom. The van der Waals surface area contributed by atoms with Gasteiger partial charge in [0.1, 0.15) is 0 Å². The quantitative estimate of drug-likeness (QED) is 0.649. The first-order valence-corrected chi connectivity index (χ1v) is 4.15. The van der Waals surface area contributed by atoms with Crippen LogP contribution in [0, 0.1) is 5.82 Å². The summed E-state index contributed by atoms with van der Waals surface area (Å²) < 4.78 is 18.0. The van der Waals surface area contributed by atoms with Crippen molar-refractivity contribution < 1.29 is 9.13 Å². The number of benzene rings is 1. The third-order valence-electron chi connectivity index (χ3n) is 2.06. The maximum Gasteiger partial charge on any atom is 0.165 e. The van der Waals surface area contributed by atoms with E-state index in [-0.39, 0.29) is 17.5 Å².